The summed E-state index contributed by atoms with van der Waals surface area (Å²) in [7, 11) is 1.40. The molecule has 0 radical (unpaired) electrons. The van der Waals surface area contributed by atoms with Crippen molar-refractivity contribution in [2.75, 3.05) is 7.11 Å². The lowest BCUT2D eigenvalue weighted by Crippen LogP contribution is -2.03. The number of carboxylic acid groups (broad SMARTS) is 1. The Bertz CT molecular complexity index is 408. The van der Waals surface area contributed by atoms with E-state index in [-0.39, 0.29) is 5.97 Å². The molecule has 1 aromatic carbocycles. The summed E-state index contributed by atoms with van der Waals surface area (Å²) in [5.74, 6) is -0.253. The third kappa shape index (κ3) is 7.46. The molecule has 4 nitrogen and oxygen atoms in total. The third-order valence-corrected chi connectivity index (χ3v) is 1.97. The Morgan fingerprint density at radius 3 is 2.22 bits per heavy atom. The zero-order chi connectivity index (χ0) is 14.0. The lowest BCUT2D eigenvalue weighted by atomic mass is 10.1. The molecule has 1 rings (SSSR count). The molecule has 0 spiro atoms. The highest BCUT2D eigenvalue weighted by Gasteiger charge is 2.05. The molecule has 0 unspecified atom stereocenters. The van der Waals surface area contributed by atoms with Gasteiger partial charge in [-0.1, -0.05) is 37.3 Å². The van der Waals surface area contributed by atoms with Crippen molar-refractivity contribution in [3.05, 3.63) is 41.5 Å². The molecule has 0 aliphatic carbocycles. The van der Waals surface area contributed by atoms with Crippen molar-refractivity contribution in [1.29, 1.82) is 0 Å². The maximum atomic E-state index is 11.3. The van der Waals surface area contributed by atoms with Gasteiger partial charge in [-0.15, -0.1) is 0 Å². The average molecular weight is 271 g/mol. The Kier molecular flexibility index (Phi) is 8.31. The first-order valence-electron chi connectivity index (χ1n) is 5.23. The van der Waals surface area contributed by atoms with E-state index in [1.54, 1.807) is 0 Å². The molecule has 5 heteroatoms. The van der Waals surface area contributed by atoms with Gasteiger partial charge >= 0.3 is 11.4 Å². The summed E-state index contributed by atoms with van der Waals surface area (Å²) < 4.78 is 4.67. The monoisotopic (exact) mass is 270 g/mol. The number of benzene rings is 1. The number of hydrogen-bond acceptors (Lipinski definition) is 3. The summed E-state index contributed by atoms with van der Waals surface area (Å²) in [6, 6.07) is 9.74. The fourth-order valence-corrected chi connectivity index (χ4v) is 1.19. The van der Waals surface area contributed by atoms with E-state index in [1.807, 2.05) is 43.3 Å². The molecule has 0 saturated heterocycles. The molecule has 0 heterocycles. The molecule has 1 N–H and O–H groups in total. The minimum atomic E-state index is -1.36. The third-order valence-electron chi connectivity index (χ3n) is 1.97. The summed E-state index contributed by atoms with van der Waals surface area (Å²) in [5.41, 5.74) is 0.355. The average Bonchev–Trinajstić information content (AvgIpc) is 2.35. The quantitative estimate of drug-likeness (QED) is 0.518. The minimum Gasteiger partial charge on any atom is -0.469 e. The number of esters is 1. The van der Waals surface area contributed by atoms with Crippen molar-refractivity contribution in [3.63, 3.8) is 0 Å². The smallest absolute Gasteiger partial charge is 0.401 e. The van der Waals surface area contributed by atoms with Crippen molar-refractivity contribution in [2.45, 2.75) is 13.3 Å². The number of carbonyl (C=O) groups excluding carboxylic acids is 1. The van der Waals surface area contributed by atoms with Gasteiger partial charge in [0.15, 0.2) is 0 Å². The largest absolute Gasteiger partial charge is 0.469 e. The summed E-state index contributed by atoms with van der Waals surface area (Å²) in [6.45, 7) is 1.94. The van der Waals surface area contributed by atoms with Crippen LogP contribution in [-0.2, 0) is 9.53 Å². The van der Waals surface area contributed by atoms with E-state index in [2.05, 4.69) is 16.3 Å². The molecule has 0 fully saturated rings. The van der Waals surface area contributed by atoms with Gasteiger partial charge in [-0.2, -0.15) is 0 Å². The van der Waals surface area contributed by atoms with Crippen molar-refractivity contribution in [3.8, 4) is 0 Å². The molecule has 0 bridgehead atoms. The molecule has 18 heavy (non-hydrogen) atoms. The topological polar surface area (TPSA) is 63.6 Å². The number of ether oxygens (including phenoxy) is 1. The van der Waals surface area contributed by atoms with Crippen LogP contribution >= 0.6 is 11.6 Å². The predicted octanol–water partition coefficient (Wildman–Crippen LogP) is 3.56. The van der Waals surface area contributed by atoms with Gasteiger partial charge in [0.1, 0.15) is 0 Å². The Morgan fingerprint density at radius 1 is 1.33 bits per heavy atom. The van der Waals surface area contributed by atoms with Crippen LogP contribution in [0, 0.1) is 0 Å². The molecular formula is C13H15ClO4. The number of methoxy groups -OCH3 is 1. The van der Waals surface area contributed by atoms with Crippen LogP contribution in [0.2, 0.25) is 0 Å². The van der Waals surface area contributed by atoms with Crippen LogP contribution in [0.5, 0.6) is 0 Å². The van der Waals surface area contributed by atoms with Crippen LogP contribution in [0.25, 0.3) is 6.08 Å². The standard InChI is InChI=1S/C12H14O2.CHClO2/c1-3-11(12(13)14-2)9-10-7-5-4-6-8-10;2-1(3)4/h4-9H,3H2,1-2H3;(H,3,4). The van der Waals surface area contributed by atoms with E-state index in [0.717, 1.165) is 5.56 Å². The molecule has 0 atom stereocenters. The van der Waals surface area contributed by atoms with Crippen LogP contribution in [0.1, 0.15) is 18.9 Å². The van der Waals surface area contributed by atoms with Gasteiger partial charge in [-0.3, -0.25) is 0 Å². The van der Waals surface area contributed by atoms with Crippen LogP contribution in [0.15, 0.2) is 35.9 Å². The first kappa shape index (κ1) is 16.2. The van der Waals surface area contributed by atoms with Gasteiger partial charge < -0.3 is 9.84 Å². The second kappa shape index (κ2) is 9.24. The van der Waals surface area contributed by atoms with E-state index in [0.29, 0.717) is 12.0 Å². The van der Waals surface area contributed by atoms with E-state index in [4.69, 9.17) is 9.90 Å². The van der Waals surface area contributed by atoms with E-state index < -0.39 is 5.43 Å². The number of rotatable bonds is 3. The first-order chi connectivity index (χ1) is 8.51. The van der Waals surface area contributed by atoms with Crippen molar-refractivity contribution >= 4 is 29.1 Å². The summed E-state index contributed by atoms with van der Waals surface area (Å²) >= 11 is 4.19. The zero-order valence-corrected chi connectivity index (χ0v) is 11.0. The Balaban J connectivity index is 0.000000631. The highest BCUT2D eigenvalue weighted by molar-refractivity contribution is 6.60. The van der Waals surface area contributed by atoms with Crippen molar-refractivity contribution in [2.24, 2.45) is 0 Å². The summed E-state index contributed by atoms with van der Waals surface area (Å²) in [6.07, 6.45) is 2.54. The van der Waals surface area contributed by atoms with E-state index in [9.17, 15) is 4.79 Å². The maximum absolute atomic E-state index is 11.3. The Labute approximate surface area is 111 Å². The molecule has 0 amide bonds. The van der Waals surface area contributed by atoms with Crippen LogP contribution in [0.3, 0.4) is 0 Å². The Hall–Kier alpha value is -1.81. The molecule has 0 aliphatic rings. The van der Waals surface area contributed by atoms with Gasteiger partial charge in [0.2, 0.25) is 0 Å². The van der Waals surface area contributed by atoms with Gasteiger partial charge in [-0.05, 0) is 18.1 Å². The number of hydrogen-bond donors (Lipinski definition) is 1. The second-order valence-corrected chi connectivity index (χ2v) is 3.50. The second-order valence-electron chi connectivity index (χ2n) is 3.18. The highest BCUT2D eigenvalue weighted by atomic mass is 35.5. The summed E-state index contributed by atoms with van der Waals surface area (Å²) in [4.78, 5) is 20.0. The predicted molar refractivity (Wildman–Crippen MR) is 70.6 cm³/mol. The van der Waals surface area contributed by atoms with Crippen LogP contribution in [0.4, 0.5) is 4.79 Å². The lowest BCUT2D eigenvalue weighted by molar-refractivity contribution is -0.136. The highest BCUT2D eigenvalue weighted by Crippen LogP contribution is 2.10. The lowest BCUT2D eigenvalue weighted by Gasteiger charge is -2.01. The van der Waals surface area contributed by atoms with Gasteiger partial charge in [0, 0.05) is 17.2 Å². The van der Waals surface area contributed by atoms with Gasteiger partial charge in [-0.25, -0.2) is 9.59 Å². The van der Waals surface area contributed by atoms with Crippen molar-refractivity contribution in [1.82, 2.24) is 0 Å². The number of carbonyl (C=O) groups is 2. The van der Waals surface area contributed by atoms with E-state index in [1.165, 1.54) is 7.11 Å². The van der Waals surface area contributed by atoms with Gasteiger partial charge in [0.25, 0.3) is 0 Å². The fourth-order valence-electron chi connectivity index (χ4n) is 1.19. The van der Waals surface area contributed by atoms with Crippen molar-refractivity contribution < 1.29 is 19.4 Å². The summed E-state index contributed by atoms with van der Waals surface area (Å²) in [5, 5.41) is 7.18. The molecule has 0 aromatic heterocycles. The Morgan fingerprint density at radius 2 is 1.83 bits per heavy atom. The molecule has 1 aromatic rings. The SMILES string of the molecule is CCC(=Cc1ccccc1)C(=O)OC.O=C(O)Cl. The molecule has 0 saturated carbocycles. The fraction of sp³-hybridized carbons (Fsp3) is 0.231. The number of halogens is 1. The molecule has 98 valence electrons. The van der Waals surface area contributed by atoms with Gasteiger partial charge in [0.05, 0.1) is 7.11 Å². The molecular weight excluding hydrogens is 256 g/mol. The van der Waals surface area contributed by atoms with E-state index >= 15 is 0 Å². The van der Waals surface area contributed by atoms with Crippen LogP contribution in [-0.4, -0.2) is 23.6 Å². The molecule has 0 aliphatic heterocycles. The van der Waals surface area contributed by atoms with Crippen LogP contribution < -0.4 is 0 Å². The zero-order valence-electron chi connectivity index (χ0n) is 10.2. The normalized spacial score (nSPS) is 10.1. The first-order valence-corrected chi connectivity index (χ1v) is 5.61. The maximum Gasteiger partial charge on any atom is 0.401 e. The minimum absolute atomic E-state index is 0.253.